The predicted molar refractivity (Wildman–Crippen MR) is 92.3 cm³/mol. The van der Waals surface area contributed by atoms with Gasteiger partial charge in [-0.2, -0.15) is 0 Å². The molecule has 0 spiro atoms. The van der Waals surface area contributed by atoms with E-state index in [1.54, 1.807) is 45.0 Å². The predicted octanol–water partition coefficient (Wildman–Crippen LogP) is 2.01. The van der Waals surface area contributed by atoms with Crippen LogP contribution in [0.15, 0.2) is 24.3 Å². The first-order valence-electron chi connectivity index (χ1n) is 7.55. The zero-order valence-electron chi connectivity index (χ0n) is 14.4. The van der Waals surface area contributed by atoms with E-state index in [0.717, 1.165) is 6.26 Å². The van der Waals surface area contributed by atoms with Crippen LogP contribution in [0.1, 0.15) is 27.7 Å². The van der Waals surface area contributed by atoms with Crippen LogP contribution in [0.5, 0.6) is 5.75 Å². The normalized spacial score (nSPS) is 11.9. The number of nitrogens with one attached hydrogen (secondary N) is 1. The molecule has 0 saturated heterocycles. The van der Waals surface area contributed by atoms with Crippen LogP contribution in [0, 0.1) is 5.41 Å². The SMILES string of the molecule is CCOc1ccccc1N(CCNC(=O)C(C)(C)C)S(C)(=O)=O. The lowest BCUT2D eigenvalue weighted by Crippen LogP contribution is -2.41. The number of anilines is 1. The molecule has 130 valence electrons. The van der Waals surface area contributed by atoms with Crippen molar-refractivity contribution in [2.75, 3.05) is 30.3 Å². The largest absolute Gasteiger partial charge is 0.492 e. The fourth-order valence-corrected chi connectivity index (χ4v) is 2.87. The number of ether oxygens (including phenoxy) is 1. The molecular weight excluding hydrogens is 316 g/mol. The molecule has 1 aromatic rings. The Bertz CT molecular complexity index is 636. The van der Waals surface area contributed by atoms with E-state index < -0.39 is 15.4 Å². The lowest BCUT2D eigenvalue weighted by Gasteiger charge is -2.25. The highest BCUT2D eigenvalue weighted by atomic mass is 32.2. The monoisotopic (exact) mass is 342 g/mol. The standard InChI is InChI=1S/C16H26N2O4S/c1-6-22-14-10-8-7-9-13(14)18(23(5,20)21)12-11-17-15(19)16(2,3)4/h7-10H,6,11-12H2,1-5H3,(H,17,19). The minimum atomic E-state index is -3.49. The summed E-state index contributed by atoms with van der Waals surface area (Å²) in [7, 11) is -3.49. The Balaban J connectivity index is 2.94. The van der Waals surface area contributed by atoms with Crippen LogP contribution in [-0.2, 0) is 14.8 Å². The number of carbonyl (C=O) groups is 1. The molecule has 0 heterocycles. The van der Waals surface area contributed by atoms with Crippen LogP contribution in [-0.4, -0.2) is 40.3 Å². The molecule has 0 unspecified atom stereocenters. The van der Waals surface area contributed by atoms with Crippen molar-refractivity contribution in [3.8, 4) is 5.75 Å². The number of carbonyl (C=O) groups excluding carboxylic acids is 1. The van der Waals surface area contributed by atoms with Gasteiger partial charge in [-0.05, 0) is 19.1 Å². The van der Waals surface area contributed by atoms with Crippen LogP contribution in [0.4, 0.5) is 5.69 Å². The number of nitrogens with zero attached hydrogens (tertiary/aromatic N) is 1. The molecular formula is C16H26N2O4S. The fourth-order valence-electron chi connectivity index (χ4n) is 1.94. The van der Waals surface area contributed by atoms with Crippen molar-refractivity contribution >= 4 is 21.6 Å². The summed E-state index contributed by atoms with van der Waals surface area (Å²) in [6.07, 6.45) is 1.14. The summed E-state index contributed by atoms with van der Waals surface area (Å²) < 4.78 is 31.0. The third kappa shape index (κ3) is 5.74. The minimum Gasteiger partial charge on any atom is -0.492 e. The molecule has 0 aliphatic rings. The number of sulfonamides is 1. The van der Waals surface area contributed by atoms with Gasteiger partial charge in [-0.15, -0.1) is 0 Å². The Kier molecular flexibility index (Phi) is 6.44. The summed E-state index contributed by atoms with van der Waals surface area (Å²) in [5, 5.41) is 2.76. The third-order valence-electron chi connectivity index (χ3n) is 3.12. The van der Waals surface area contributed by atoms with Crippen LogP contribution >= 0.6 is 0 Å². The smallest absolute Gasteiger partial charge is 0.232 e. The maximum atomic E-state index is 12.1. The number of rotatable bonds is 7. The van der Waals surface area contributed by atoms with E-state index in [1.165, 1.54) is 4.31 Å². The van der Waals surface area contributed by atoms with Crippen molar-refractivity contribution in [2.24, 2.45) is 5.41 Å². The number of hydrogen-bond donors (Lipinski definition) is 1. The Hall–Kier alpha value is -1.76. The lowest BCUT2D eigenvalue weighted by atomic mass is 9.96. The van der Waals surface area contributed by atoms with Gasteiger partial charge >= 0.3 is 0 Å². The molecule has 1 rings (SSSR count). The highest BCUT2D eigenvalue weighted by molar-refractivity contribution is 7.92. The van der Waals surface area contributed by atoms with E-state index in [9.17, 15) is 13.2 Å². The lowest BCUT2D eigenvalue weighted by molar-refractivity contribution is -0.128. The Morgan fingerprint density at radius 2 is 1.87 bits per heavy atom. The summed E-state index contributed by atoms with van der Waals surface area (Å²) in [6, 6.07) is 6.96. The van der Waals surface area contributed by atoms with Gasteiger partial charge in [0.1, 0.15) is 5.75 Å². The quantitative estimate of drug-likeness (QED) is 0.822. The van der Waals surface area contributed by atoms with Gasteiger partial charge in [0.25, 0.3) is 0 Å². The Morgan fingerprint density at radius 3 is 2.39 bits per heavy atom. The topological polar surface area (TPSA) is 75.7 Å². The van der Waals surface area contributed by atoms with Crippen LogP contribution in [0.3, 0.4) is 0 Å². The van der Waals surface area contributed by atoms with Crippen molar-refractivity contribution in [1.82, 2.24) is 5.32 Å². The zero-order chi connectivity index (χ0) is 17.7. The second kappa shape index (κ2) is 7.68. The van der Waals surface area contributed by atoms with Gasteiger partial charge in [-0.3, -0.25) is 9.10 Å². The average Bonchev–Trinajstić information content (AvgIpc) is 2.42. The van der Waals surface area contributed by atoms with Crippen LogP contribution in [0.2, 0.25) is 0 Å². The van der Waals surface area contributed by atoms with Crippen molar-refractivity contribution in [3.63, 3.8) is 0 Å². The number of benzene rings is 1. The first-order chi connectivity index (χ1) is 10.6. The number of hydrogen-bond acceptors (Lipinski definition) is 4. The Labute approximate surface area is 138 Å². The molecule has 6 nitrogen and oxygen atoms in total. The van der Waals surface area contributed by atoms with E-state index in [4.69, 9.17) is 4.74 Å². The van der Waals surface area contributed by atoms with Gasteiger partial charge < -0.3 is 10.1 Å². The van der Waals surface area contributed by atoms with Crippen LogP contribution < -0.4 is 14.4 Å². The second-order valence-corrected chi connectivity index (χ2v) is 8.15. The molecule has 0 radical (unpaired) electrons. The molecule has 0 aliphatic carbocycles. The van der Waals surface area contributed by atoms with Crippen molar-refractivity contribution in [2.45, 2.75) is 27.7 Å². The van der Waals surface area contributed by atoms with Gasteiger partial charge in [-0.1, -0.05) is 32.9 Å². The summed E-state index contributed by atoms with van der Waals surface area (Å²) in [5.74, 6) is 0.381. The number of amides is 1. The van der Waals surface area contributed by atoms with Gasteiger partial charge in [0.2, 0.25) is 15.9 Å². The molecule has 1 N–H and O–H groups in total. The molecule has 1 amide bonds. The molecule has 23 heavy (non-hydrogen) atoms. The highest BCUT2D eigenvalue weighted by Gasteiger charge is 2.23. The molecule has 0 aliphatic heterocycles. The van der Waals surface area contributed by atoms with Crippen molar-refractivity contribution in [3.05, 3.63) is 24.3 Å². The highest BCUT2D eigenvalue weighted by Crippen LogP contribution is 2.29. The first-order valence-corrected chi connectivity index (χ1v) is 9.40. The minimum absolute atomic E-state index is 0.121. The average molecular weight is 342 g/mol. The summed E-state index contributed by atoms with van der Waals surface area (Å²) in [6.45, 7) is 8.07. The van der Waals surface area contributed by atoms with Crippen LogP contribution in [0.25, 0.3) is 0 Å². The van der Waals surface area contributed by atoms with Crippen molar-refractivity contribution in [1.29, 1.82) is 0 Å². The summed E-state index contributed by atoms with van der Waals surface area (Å²) >= 11 is 0. The van der Waals surface area contributed by atoms with E-state index in [1.807, 2.05) is 6.92 Å². The molecule has 0 saturated carbocycles. The zero-order valence-corrected chi connectivity index (χ0v) is 15.2. The van der Waals surface area contributed by atoms with Crippen molar-refractivity contribution < 1.29 is 17.9 Å². The molecule has 7 heteroatoms. The van der Waals surface area contributed by atoms with Gasteiger partial charge in [0.05, 0.1) is 25.1 Å². The number of para-hydroxylation sites is 2. The van der Waals surface area contributed by atoms with Gasteiger partial charge in [0.15, 0.2) is 0 Å². The van der Waals surface area contributed by atoms with E-state index >= 15 is 0 Å². The Morgan fingerprint density at radius 1 is 1.26 bits per heavy atom. The summed E-state index contributed by atoms with van der Waals surface area (Å²) in [4.78, 5) is 11.9. The summed E-state index contributed by atoms with van der Waals surface area (Å²) in [5.41, 5.74) is -0.0408. The van der Waals surface area contributed by atoms with E-state index in [2.05, 4.69) is 5.32 Å². The maximum Gasteiger partial charge on any atom is 0.232 e. The second-order valence-electron chi connectivity index (χ2n) is 6.24. The molecule has 0 aromatic heterocycles. The van der Waals surface area contributed by atoms with E-state index in [-0.39, 0.29) is 19.0 Å². The van der Waals surface area contributed by atoms with Gasteiger partial charge in [-0.25, -0.2) is 8.42 Å². The third-order valence-corrected chi connectivity index (χ3v) is 4.30. The van der Waals surface area contributed by atoms with Gasteiger partial charge in [0, 0.05) is 12.0 Å². The fraction of sp³-hybridized carbons (Fsp3) is 0.562. The molecule has 0 atom stereocenters. The maximum absolute atomic E-state index is 12.1. The molecule has 0 fully saturated rings. The molecule has 1 aromatic carbocycles. The van der Waals surface area contributed by atoms with E-state index in [0.29, 0.717) is 18.0 Å². The molecule has 0 bridgehead atoms. The first kappa shape index (κ1) is 19.3.